The smallest absolute Gasteiger partial charge is 0.315 e. The van der Waals surface area contributed by atoms with Crippen molar-refractivity contribution in [1.29, 1.82) is 0 Å². The zero-order chi connectivity index (χ0) is 17.5. The molecule has 1 aromatic rings. The molecule has 3 rings (SSSR count). The zero-order valence-corrected chi connectivity index (χ0v) is 13.3. The van der Waals surface area contributed by atoms with Gasteiger partial charge in [0.2, 0.25) is 0 Å². The van der Waals surface area contributed by atoms with Crippen LogP contribution in [0.25, 0.3) is 0 Å². The van der Waals surface area contributed by atoms with Crippen LogP contribution >= 0.6 is 0 Å². The average molecular weight is 335 g/mol. The summed E-state index contributed by atoms with van der Waals surface area (Å²) >= 11 is 0. The van der Waals surface area contributed by atoms with E-state index < -0.39 is 29.5 Å². The molecule has 8 heteroatoms. The number of imide groups is 1. The molecule has 0 aromatic heterocycles. The molecule has 1 atom stereocenters. The maximum Gasteiger partial charge on any atom is 0.315 e. The molecule has 1 aromatic carbocycles. The number of hydrogen-bond acceptors (Lipinski definition) is 7. The number of hydrogen-bond donors (Lipinski definition) is 1. The lowest BCUT2D eigenvalue weighted by Crippen LogP contribution is -2.49. The fourth-order valence-electron chi connectivity index (χ4n) is 2.99. The van der Waals surface area contributed by atoms with Crippen LogP contribution in [-0.2, 0) is 19.0 Å². The molecule has 1 unspecified atom stereocenters. The van der Waals surface area contributed by atoms with Crippen LogP contribution in [0.3, 0.4) is 0 Å². The normalized spacial score (nSPS) is 20.2. The van der Waals surface area contributed by atoms with Crippen LogP contribution < -0.4 is 0 Å². The van der Waals surface area contributed by atoms with Crippen LogP contribution in [0.15, 0.2) is 18.2 Å². The fourth-order valence-corrected chi connectivity index (χ4v) is 2.99. The molecular formula is C16H17NO7. The quantitative estimate of drug-likeness (QED) is 0.633. The summed E-state index contributed by atoms with van der Waals surface area (Å²) in [4.78, 5) is 38.1. The maximum absolute atomic E-state index is 12.5. The number of carbonyl (C=O) groups is 3. The van der Waals surface area contributed by atoms with Crippen LogP contribution in [0.5, 0.6) is 5.75 Å². The van der Waals surface area contributed by atoms with E-state index in [0.29, 0.717) is 13.2 Å². The number of carbonyl (C=O) groups excluding carboxylic acids is 3. The van der Waals surface area contributed by atoms with Crippen molar-refractivity contribution >= 4 is 17.8 Å². The van der Waals surface area contributed by atoms with Crippen molar-refractivity contribution in [3.05, 3.63) is 29.3 Å². The van der Waals surface area contributed by atoms with Gasteiger partial charge in [-0.1, -0.05) is 6.07 Å². The molecule has 24 heavy (non-hydrogen) atoms. The van der Waals surface area contributed by atoms with E-state index in [-0.39, 0.29) is 23.4 Å². The number of methoxy groups -OCH3 is 1. The zero-order valence-electron chi connectivity index (χ0n) is 13.3. The van der Waals surface area contributed by atoms with Gasteiger partial charge in [-0.05, 0) is 19.1 Å². The number of ether oxygens (including phenoxy) is 3. The van der Waals surface area contributed by atoms with E-state index in [1.807, 2.05) is 0 Å². The predicted molar refractivity (Wildman–Crippen MR) is 79.3 cm³/mol. The molecule has 0 bridgehead atoms. The average Bonchev–Trinajstić information content (AvgIpc) is 3.10. The minimum atomic E-state index is -1.29. The summed E-state index contributed by atoms with van der Waals surface area (Å²) in [7, 11) is 1.21. The van der Waals surface area contributed by atoms with Gasteiger partial charge in [0.15, 0.2) is 5.79 Å². The highest BCUT2D eigenvalue weighted by atomic mass is 16.7. The van der Waals surface area contributed by atoms with E-state index in [1.165, 1.54) is 25.3 Å². The van der Waals surface area contributed by atoms with E-state index >= 15 is 0 Å². The Kier molecular flexibility index (Phi) is 4.02. The summed E-state index contributed by atoms with van der Waals surface area (Å²) in [6.45, 7) is 1.89. The van der Waals surface area contributed by atoms with Gasteiger partial charge >= 0.3 is 5.97 Å². The van der Waals surface area contributed by atoms with Gasteiger partial charge in [0, 0.05) is 6.54 Å². The van der Waals surface area contributed by atoms with E-state index in [4.69, 9.17) is 14.2 Å². The van der Waals surface area contributed by atoms with Gasteiger partial charge in [-0.2, -0.15) is 0 Å². The number of phenols is 1. The van der Waals surface area contributed by atoms with E-state index in [9.17, 15) is 19.5 Å². The van der Waals surface area contributed by atoms with Crippen LogP contribution in [0.1, 0.15) is 27.6 Å². The second-order valence-electron chi connectivity index (χ2n) is 5.71. The number of nitrogens with zero attached hydrogens (tertiary/aromatic N) is 1. The Morgan fingerprint density at radius 2 is 2.00 bits per heavy atom. The van der Waals surface area contributed by atoms with Crippen molar-refractivity contribution in [2.45, 2.75) is 12.7 Å². The van der Waals surface area contributed by atoms with Gasteiger partial charge in [-0.25, -0.2) is 0 Å². The largest absolute Gasteiger partial charge is 0.507 e. The Hall–Kier alpha value is -2.45. The van der Waals surface area contributed by atoms with Gasteiger partial charge in [0.1, 0.15) is 11.7 Å². The number of phenolic OH excluding ortho intramolecular Hbond substituents is 1. The van der Waals surface area contributed by atoms with Crippen molar-refractivity contribution in [3.8, 4) is 5.75 Å². The highest BCUT2D eigenvalue weighted by Gasteiger charge is 2.49. The lowest BCUT2D eigenvalue weighted by molar-refractivity contribution is -0.199. The van der Waals surface area contributed by atoms with Crippen LogP contribution in [0.4, 0.5) is 0 Å². The second kappa shape index (κ2) is 5.88. The van der Waals surface area contributed by atoms with Crippen molar-refractivity contribution in [3.63, 3.8) is 0 Å². The molecule has 128 valence electrons. The number of esters is 1. The van der Waals surface area contributed by atoms with Crippen LogP contribution in [0.2, 0.25) is 0 Å². The Morgan fingerprint density at radius 1 is 1.33 bits per heavy atom. The standard InChI is InChI=1S/C16H17NO7/c1-16(23-6-7-24-16)10(15(21)22-2)8-17-13(19)9-4-3-5-11(18)12(9)14(17)20/h3-5,10,18H,6-8H2,1-2H3. The van der Waals surface area contributed by atoms with E-state index in [1.54, 1.807) is 6.92 Å². The summed E-state index contributed by atoms with van der Waals surface area (Å²) in [5.41, 5.74) is 0.0338. The third-order valence-corrected chi connectivity index (χ3v) is 4.32. The summed E-state index contributed by atoms with van der Waals surface area (Å²) in [6.07, 6.45) is 0. The number of benzene rings is 1. The molecule has 2 aliphatic heterocycles. The molecule has 0 saturated carbocycles. The van der Waals surface area contributed by atoms with Crippen molar-refractivity contribution in [2.24, 2.45) is 5.92 Å². The Labute approximate surface area is 137 Å². The molecule has 1 N–H and O–H groups in total. The fraction of sp³-hybridized carbons (Fsp3) is 0.438. The number of fused-ring (bicyclic) bond motifs is 1. The SMILES string of the molecule is COC(=O)C(CN1C(=O)c2cccc(O)c2C1=O)C1(C)OCCO1. The third kappa shape index (κ3) is 2.44. The van der Waals surface area contributed by atoms with Crippen molar-refractivity contribution in [2.75, 3.05) is 26.9 Å². The van der Waals surface area contributed by atoms with Crippen molar-refractivity contribution < 1.29 is 33.7 Å². The molecule has 2 heterocycles. The monoisotopic (exact) mass is 335 g/mol. The number of rotatable bonds is 4. The van der Waals surface area contributed by atoms with Gasteiger partial charge < -0.3 is 19.3 Å². The summed E-state index contributed by atoms with van der Waals surface area (Å²) in [5, 5.41) is 9.85. The Balaban J connectivity index is 1.91. The first kappa shape index (κ1) is 16.4. The van der Waals surface area contributed by atoms with Gasteiger partial charge in [-0.15, -0.1) is 0 Å². The number of aromatic hydroxyl groups is 1. The lowest BCUT2D eigenvalue weighted by Gasteiger charge is -2.32. The van der Waals surface area contributed by atoms with Crippen LogP contribution in [-0.4, -0.2) is 60.4 Å². The van der Waals surface area contributed by atoms with E-state index in [2.05, 4.69) is 0 Å². The molecule has 0 radical (unpaired) electrons. The second-order valence-corrected chi connectivity index (χ2v) is 5.71. The summed E-state index contributed by atoms with van der Waals surface area (Å²) < 4.78 is 15.7. The Morgan fingerprint density at radius 3 is 2.58 bits per heavy atom. The molecule has 2 amide bonds. The first-order valence-electron chi connectivity index (χ1n) is 7.43. The first-order chi connectivity index (χ1) is 11.4. The summed E-state index contributed by atoms with van der Waals surface area (Å²) in [5.74, 6) is -4.47. The molecule has 0 spiro atoms. The third-order valence-electron chi connectivity index (χ3n) is 4.32. The molecule has 1 saturated heterocycles. The number of amides is 2. The molecular weight excluding hydrogens is 318 g/mol. The highest BCUT2D eigenvalue weighted by Crippen LogP contribution is 2.34. The van der Waals surface area contributed by atoms with Gasteiger partial charge in [0.05, 0.1) is 31.5 Å². The minimum absolute atomic E-state index is 0.0653. The van der Waals surface area contributed by atoms with E-state index in [0.717, 1.165) is 4.90 Å². The van der Waals surface area contributed by atoms with Crippen LogP contribution in [0, 0.1) is 5.92 Å². The van der Waals surface area contributed by atoms with Gasteiger partial charge in [0.25, 0.3) is 11.8 Å². The molecule has 0 aliphatic carbocycles. The molecule has 1 fully saturated rings. The molecule has 2 aliphatic rings. The molecule has 8 nitrogen and oxygen atoms in total. The predicted octanol–water partition coefficient (Wildman–Crippen LogP) is 0.540. The Bertz CT molecular complexity index is 708. The summed E-state index contributed by atoms with van der Waals surface area (Å²) in [6, 6.07) is 4.26. The maximum atomic E-state index is 12.5. The first-order valence-corrected chi connectivity index (χ1v) is 7.43. The van der Waals surface area contributed by atoms with Crippen molar-refractivity contribution in [1.82, 2.24) is 4.90 Å². The highest BCUT2D eigenvalue weighted by molar-refractivity contribution is 6.22. The topological polar surface area (TPSA) is 102 Å². The van der Waals surface area contributed by atoms with Gasteiger partial charge in [-0.3, -0.25) is 19.3 Å². The minimum Gasteiger partial charge on any atom is -0.507 e. The lowest BCUT2D eigenvalue weighted by atomic mass is 9.99.